The minimum atomic E-state index is -4.04. The molecule has 0 fully saturated rings. The van der Waals surface area contributed by atoms with E-state index in [1.807, 2.05) is 0 Å². The van der Waals surface area contributed by atoms with Gasteiger partial charge in [-0.05, 0) is 31.5 Å². The fourth-order valence-electron chi connectivity index (χ4n) is 2.56. The van der Waals surface area contributed by atoms with Crippen molar-refractivity contribution in [3.8, 4) is 0 Å². The molecule has 1 amide bonds. The number of hydrogen-bond acceptors (Lipinski definition) is 5. The predicted octanol–water partition coefficient (Wildman–Crippen LogP) is 2.97. The first kappa shape index (κ1) is 21.2. The number of aryl methyl sites for hydroxylation is 1. The third-order valence-electron chi connectivity index (χ3n) is 3.92. The molecule has 0 aliphatic heterocycles. The van der Waals surface area contributed by atoms with Crippen LogP contribution in [0.4, 0.5) is 25.8 Å². The average molecular weight is 413 g/mol. The summed E-state index contributed by atoms with van der Waals surface area (Å²) >= 11 is 0. The number of anilines is 2. The number of rotatable bonds is 6. The fraction of sp³-hybridized carbons (Fsp3) is 0.235. The lowest BCUT2D eigenvalue weighted by Gasteiger charge is -2.29. The Kier molecular flexibility index (Phi) is 5.98. The van der Waals surface area contributed by atoms with Crippen LogP contribution in [0.1, 0.15) is 12.5 Å². The highest BCUT2D eigenvalue weighted by molar-refractivity contribution is 7.92. The van der Waals surface area contributed by atoms with Crippen LogP contribution in [0.3, 0.4) is 0 Å². The van der Waals surface area contributed by atoms with Gasteiger partial charge in [0.1, 0.15) is 17.7 Å². The van der Waals surface area contributed by atoms with Crippen molar-refractivity contribution in [2.75, 3.05) is 15.9 Å². The van der Waals surface area contributed by atoms with Crippen LogP contribution in [-0.2, 0) is 14.8 Å². The molecule has 11 heteroatoms. The van der Waals surface area contributed by atoms with Crippen LogP contribution >= 0.6 is 0 Å². The molecule has 0 aliphatic carbocycles. The van der Waals surface area contributed by atoms with Gasteiger partial charge in [0, 0.05) is 18.2 Å². The van der Waals surface area contributed by atoms with Crippen LogP contribution < -0.4 is 9.62 Å². The molecule has 0 saturated carbocycles. The van der Waals surface area contributed by atoms with Gasteiger partial charge in [-0.3, -0.25) is 19.2 Å². The van der Waals surface area contributed by atoms with E-state index in [0.717, 1.165) is 24.5 Å². The van der Waals surface area contributed by atoms with Gasteiger partial charge < -0.3 is 5.32 Å². The van der Waals surface area contributed by atoms with Gasteiger partial charge in [-0.25, -0.2) is 17.2 Å². The second-order valence-electron chi connectivity index (χ2n) is 6.08. The monoisotopic (exact) mass is 413 g/mol. The van der Waals surface area contributed by atoms with E-state index in [2.05, 4.69) is 5.32 Å². The quantitative estimate of drug-likeness (QED) is 0.578. The number of nitro benzene ring substituents is 1. The number of carbonyl (C=O) groups is 1. The van der Waals surface area contributed by atoms with Crippen molar-refractivity contribution in [1.82, 2.24) is 0 Å². The van der Waals surface area contributed by atoms with E-state index in [0.29, 0.717) is 15.9 Å². The first-order chi connectivity index (χ1) is 12.9. The summed E-state index contributed by atoms with van der Waals surface area (Å²) in [7, 11) is -4.04. The van der Waals surface area contributed by atoms with E-state index >= 15 is 0 Å². The number of sulfonamides is 1. The van der Waals surface area contributed by atoms with Crippen molar-refractivity contribution in [2.45, 2.75) is 19.9 Å². The summed E-state index contributed by atoms with van der Waals surface area (Å²) in [5.41, 5.74) is -0.364. The minimum Gasteiger partial charge on any atom is -0.322 e. The van der Waals surface area contributed by atoms with Crippen molar-refractivity contribution in [3.63, 3.8) is 0 Å². The maximum atomic E-state index is 13.8. The molecule has 0 aliphatic rings. The number of nitro groups is 1. The van der Waals surface area contributed by atoms with Crippen LogP contribution in [0.2, 0.25) is 0 Å². The molecular formula is C17H17F2N3O5S. The van der Waals surface area contributed by atoms with Gasteiger partial charge in [0.2, 0.25) is 15.9 Å². The van der Waals surface area contributed by atoms with Gasteiger partial charge in [0.25, 0.3) is 5.69 Å². The van der Waals surface area contributed by atoms with E-state index in [1.165, 1.54) is 26.0 Å². The Labute approximate surface area is 160 Å². The van der Waals surface area contributed by atoms with Gasteiger partial charge in [-0.1, -0.05) is 6.07 Å². The van der Waals surface area contributed by atoms with Gasteiger partial charge >= 0.3 is 0 Å². The number of halogens is 2. The lowest BCUT2D eigenvalue weighted by Crippen LogP contribution is -2.45. The zero-order valence-corrected chi connectivity index (χ0v) is 16.0. The molecule has 2 rings (SSSR count). The van der Waals surface area contributed by atoms with E-state index in [-0.39, 0.29) is 17.1 Å². The number of amides is 1. The lowest BCUT2D eigenvalue weighted by molar-refractivity contribution is -0.384. The third-order valence-corrected chi connectivity index (χ3v) is 5.15. The lowest BCUT2D eigenvalue weighted by atomic mass is 10.1. The van der Waals surface area contributed by atoms with Crippen LogP contribution in [0.25, 0.3) is 0 Å². The summed E-state index contributed by atoms with van der Waals surface area (Å²) in [6.45, 7) is 2.78. The SMILES string of the molecule is Cc1ccc([N+](=O)[O-])cc1N([C@@H](C)C(=O)Nc1ccc(F)cc1F)S(C)(=O)=O. The fourth-order valence-corrected chi connectivity index (χ4v) is 3.78. The Balaban J connectivity index is 2.45. The summed E-state index contributed by atoms with van der Waals surface area (Å²) in [6.07, 6.45) is 0.841. The van der Waals surface area contributed by atoms with Gasteiger partial charge in [-0.2, -0.15) is 0 Å². The van der Waals surface area contributed by atoms with E-state index < -0.39 is 38.5 Å². The average Bonchev–Trinajstić information content (AvgIpc) is 2.57. The molecule has 1 atom stereocenters. The standard InChI is InChI=1S/C17H17F2N3O5S/c1-10-4-6-13(22(24)25)9-16(10)21(28(3,26)27)11(2)17(23)20-15-7-5-12(18)8-14(15)19/h4-9,11H,1-3H3,(H,20,23)/t11-/m0/s1. The molecule has 0 radical (unpaired) electrons. The number of hydrogen-bond donors (Lipinski definition) is 1. The van der Waals surface area contributed by atoms with E-state index in [1.54, 1.807) is 0 Å². The van der Waals surface area contributed by atoms with Crippen molar-refractivity contribution in [2.24, 2.45) is 0 Å². The van der Waals surface area contributed by atoms with Crippen LogP contribution in [-0.4, -0.2) is 31.5 Å². The number of non-ortho nitro benzene ring substituents is 1. The normalized spacial score (nSPS) is 12.3. The Morgan fingerprint density at radius 3 is 2.39 bits per heavy atom. The smallest absolute Gasteiger partial charge is 0.271 e. The minimum absolute atomic E-state index is 0.0565. The van der Waals surface area contributed by atoms with Crippen molar-refractivity contribution in [1.29, 1.82) is 0 Å². The van der Waals surface area contributed by atoms with Crippen LogP contribution in [0.15, 0.2) is 36.4 Å². The molecule has 1 N–H and O–H groups in total. The molecule has 0 aromatic heterocycles. The number of nitrogens with one attached hydrogen (secondary N) is 1. The van der Waals surface area contributed by atoms with E-state index in [9.17, 15) is 32.1 Å². The zero-order valence-electron chi connectivity index (χ0n) is 15.1. The number of benzene rings is 2. The zero-order chi connectivity index (χ0) is 21.2. The largest absolute Gasteiger partial charge is 0.322 e. The highest BCUT2D eigenvalue weighted by Gasteiger charge is 2.31. The first-order valence-corrected chi connectivity index (χ1v) is 9.77. The van der Waals surface area contributed by atoms with Crippen LogP contribution in [0.5, 0.6) is 0 Å². The van der Waals surface area contributed by atoms with Crippen molar-refractivity contribution in [3.05, 3.63) is 63.7 Å². The second kappa shape index (κ2) is 7.89. The van der Waals surface area contributed by atoms with Crippen LogP contribution in [0, 0.1) is 28.7 Å². The summed E-state index contributed by atoms with van der Waals surface area (Å²) < 4.78 is 52.1. The molecule has 0 saturated heterocycles. The van der Waals surface area contributed by atoms with Gasteiger partial charge in [-0.15, -0.1) is 0 Å². The number of nitrogens with zero attached hydrogens (tertiary/aromatic N) is 2. The Hall–Kier alpha value is -3.08. The molecule has 0 unspecified atom stereocenters. The van der Waals surface area contributed by atoms with E-state index in [4.69, 9.17) is 0 Å². The van der Waals surface area contributed by atoms with Crippen molar-refractivity contribution >= 4 is 33.0 Å². The Bertz CT molecular complexity index is 1040. The summed E-state index contributed by atoms with van der Waals surface area (Å²) in [5.74, 6) is -2.77. The van der Waals surface area contributed by atoms with Crippen molar-refractivity contribution < 1.29 is 26.9 Å². The molecule has 28 heavy (non-hydrogen) atoms. The molecule has 150 valence electrons. The molecule has 0 spiro atoms. The topological polar surface area (TPSA) is 110 Å². The maximum Gasteiger partial charge on any atom is 0.271 e. The predicted molar refractivity (Wildman–Crippen MR) is 99.6 cm³/mol. The molecule has 0 bridgehead atoms. The highest BCUT2D eigenvalue weighted by atomic mass is 32.2. The molecule has 0 heterocycles. The Morgan fingerprint density at radius 1 is 1.21 bits per heavy atom. The third kappa shape index (κ3) is 4.60. The number of carbonyl (C=O) groups excluding carboxylic acids is 1. The second-order valence-corrected chi connectivity index (χ2v) is 7.94. The molecular weight excluding hydrogens is 396 g/mol. The summed E-state index contributed by atoms with van der Waals surface area (Å²) in [5, 5.41) is 13.2. The maximum absolute atomic E-state index is 13.8. The highest BCUT2D eigenvalue weighted by Crippen LogP contribution is 2.29. The summed E-state index contributed by atoms with van der Waals surface area (Å²) in [6, 6.07) is 4.73. The molecule has 2 aromatic rings. The first-order valence-electron chi connectivity index (χ1n) is 7.92. The van der Waals surface area contributed by atoms with Gasteiger partial charge in [0.05, 0.1) is 22.6 Å². The van der Waals surface area contributed by atoms with Gasteiger partial charge in [0.15, 0.2) is 0 Å². The Morgan fingerprint density at radius 2 is 1.86 bits per heavy atom. The molecule has 2 aromatic carbocycles. The summed E-state index contributed by atoms with van der Waals surface area (Å²) in [4.78, 5) is 22.9. The molecule has 8 nitrogen and oxygen atoms in total.